The van der Waals surface area contributed by atoms with Gasteiger partial charge in [0.15, 0.2) is 0 Å². The maximum atomic E-state index is 13.2. The van der Waals surface area contributed by atoms with Crippen molar-refractivity contribution in [2.45, 2.75) is 38.8 Å². The lowest BCUT2D eigenvalue weighted by molar-refractivity contribution is 0.238. The number of urea groups is 1. The van der Waals surface area contributed by atoms with E-state index in [4.69, 9.17) is 0 Å². The SMILES string of the molecule is Cc1nccn1C[C@@H](C)CNC(=O)N[C@@H]1C[C@H]1c1cccc(F)c1. The van der Waals surface area contributed by atoms with Gasteiger partial charge < -0.3 is 15.2 Å². The zero-order valence-corrected chi connectivity index (χ0v) is 14.0. The Labute approximate surface area is 141 Å². The number of hydrogen-bond acceptors (Lipinski definition) is 2. The highest BCUT2D eigenvalue weighted by molar-refractivity contribution is 5.74. The van der Waals surface area contributed by atoms with Gasteiger partial charge in [-0.2, -0.15) is 0 Å². The van der Waals surface area contributed by atoms with Crippen LogP contribution >= 0.6 is 0 Å². The van der Waals surface area contributed by atoms with Gasteiger partial charge in [-0.15, -0.1) is 0 Å². The van der Waals surface area contributed by atoms with Crippen LogP contribution in [0.1, 0.15) is 30.7 Å². The van der Waals surface area contributed by atoms with E-state index >= 15 is 0 Å². The molecule has 0 saturated heterocycles. The number of hydrogen-bond donors (Lipinski definition) is 2. The number of nitrogens with zero attached hydrogens (tertiary/aromatic N) is 2. The van der Waals surface area contributed by atoms with Crippen molar-refractivity contribution < 1.29 is 9.18 Å². The molecule has 5 nitrogen and oxygen atoms in total. The molecule has 3 rings (SSSR count). The number of imidazole rings is 1. The van der Waals surface area contributed by atoms with Gasteiger partial charge in [0, 0.05) is 37.4 Å². The van der Waals surface area contributed by atoms with Gasteiger partial charge in [-0.05, 0) is 37.0 Å². The fourth-order valence-electron chi connectivity index (χ4n) is 2.94. The normalized spacial score (nSPS) is 20.5. The van der Waals surface area contributed by atoms with Gasteiger partial charge in [0.05, 0.1) is 0 Å². The molecule has 1 saturated carbocycles. The Morgan fingerprint density at radius 3 is 3.04 bits per heavy atom. The maximum Gasteiger partial charge on any atom is 0.315 e. The smallest absolute Gasteiger partial charge is 0.315 e. The van der Waals surface area contributed by atoms with Crippen LogP contribution in [-0.2, 0) is 6.54 Å². The average molecular weight is 330 g/mol. The zero-order valence-electron chi connectivity index (χ0n) is 14.0. The number of nitrogens with one attached hydrogen (secondary N) is 2. The molecule has 0 unspecified atom stereocenters. The van der Waals surface area contributed by atoms with Crippen LogP contribution in [0.5, 0.6) is 0 Å². The number of aryl methyl sites for hydroxylation is 1. The predicted octanol–water partition coefficient (Wildman–Crippen LogP) is 2.82. The second kappa shape index (κ2) is 7.03. The third-order valence-electron chi connectivity index (χ3n) is 4.43. The van der Waals surface area contributed by atoms with Crippen molar-refractivity contribution in [2.24, 2.45) is 5.92 Å². The van der Waals surface area contributed by atoms with Crippen LogP contribution in [0, 0.1) is 18.7 Å². The van der Waals surface area contributed by atoms with E-state index in [0.717, 1.165) is 24.4 Å². The Balaban J connectivity index is 1.40. The fourth-order valence-corrected chi connectivity index (χ4v) is 2.94. The molecule has 1 heterocycles. The number of amides is 2. The summed E-state index contributed by atoms with van der Waals surface area (Å²) in [5, 5.41) is 5.87. The van der Waals surface area contributed by atoms with E-state index in [1.165, 1.54) is 6.07 Å². The highest BCUT2D eigenvalue weighted by Crippen LogP contribution is 2.40. The minimum atomic E-state index is -0.230. The molecule has 1 aromatic carbocycles. The molecule has 0 aliphatic heterocycles. The summed E-state index contributed by atoms with van der Waals surface area (Å²) in [7, 11) is 0. The van der Waals surface area contributed by atoms with Crippen LogP contribution in [0.4, 0.5) is 9.18 Å². The Morgan fingerprint density at radius 1 is 1.50 bits per heavy atom. The highest BCUT2D eigenvalue weighted by Gasteiger charge is 2.39. The molecular weight excluding hydrogens is 307 g/mol. The Bertz CT molecular complexity index is 715. The van der Waals surface area contributed by atoms with Crippen molar-refractivity contribution in [1.82, 2.24) is 20.2 Å². The molecule has 1 aliphatic rings. The standard InChI is InChI=1S/C18H23FN4O/c1-12(11-23-7-6-20-13(23)2)10-21-18(24)22-17-9-16(17)14-4-3-5-15(19)8-14/h3-8,12,16-17H,9-11H2,1-2H3,(H2,21,22,24)/t12-,16-,17+/m0/s1. The molecule has 128 valence electrons. The van der Waals surface area contributed by atoms with Crippen LogP contribution in [-0.4, -0.2) is 28.2 Å². The highest BCUT2D eigenvalue weighted by atomic mass is 19.1. The van der Waals surface area contributed by atoms with E-state index in [1.807, 2.05) is 19.2 Å². The van der Waals surface area contributed by atoms with E-state index < -0.39 is 0 Å². The molecular formula is C18H23FN4O. The molecule has 2 N–H and O–H groups in total. The van der Waals surface area contributed by atoms with Crippen molar-refractivity contribution in [3.05, 3.63) is 53.9 Å². The molecule has 1 aromatic heterocycles. The van der Waals surface area contributed by atoms with Crippen LogP contribution < -0.4 is 10.6 Å². The van der Waals surface area contributed by atoms with Crippen LogP contribution in [0.2, 0.25) is 0 Å². The van der Waals surface area contributed by atoms with E-state index in [2.05, 4.69) is 27.1 Å². The fraction of sp³-hybridized carbons (Fsp3) is 0.444. The minimum Gasteiger partial charge on any atom is -0.338 e. The molecule has 6 heteroatoms. The molecule has 24 heavy (non-hydrogen) atoms. The minimum absolute atomic E-state index is 0.0954. The van der Waals surface area contributed by atoms with E-state index in [9.17, 15) is 9.18 Å². The number of carbonyl (C=O) groups is 1. The first-order chi connectivity index (χ1) is 11.5. The predicted molar refractivity (Wildman–Crippen MR) is 90.2 cm³/mol. The van der Waals surface area contributed by atoms with Crippen molar-refractivity contribution in [2.75, 3.05) is 6.54 Å². The van der Waals surface area contributed by atoms with E-state index in [-0.39, 0.29) is 23.8 Å². The van der Waals surface area contributed by atoms with Gasteiger partial charge in [0.25, 0.3) is 0 Å². The summed E-state index contributed by atoms with van der Waals surface area (Å²) in [6.45, 7) is 5.47. The largest absolute Gasteiger partial charge is 0.338 e. The van der Waals surface area contributed by atoms with E-state index in [0.29, 0.717) is 12.5 Å². The number of carbonyl (C=O) groups excluding carboxylic acids is 1. The topological polar surface area (TPSA) is 59.0 Å². The summed E-state index contributed by atoms with van der Waals surface area (Å²) >= 11 is 0. The lowest BCUT2D eigenvalue weighted by atomic mass is 10.1. The van der Waals surface area contributed by atoms with Gasteiger partial charge in [-0.3, -0.25) is 0 Å². The molecule has 2 aromatic rings. The Hall–Kier alpha value is -2.37. The lowest BCUT2D eigenvalue weighted by Crippen LogP contribution is -2.40. The molecule has 1 fully saturated rings. The quantitative estimate of drug-likeness (QED) is 0.856. The van der Waals surface area contributed by atoms with Crippen molar-refractivity contribution >= 4 is 6.03 Å². The Morgan fingerprint density at radius 2 is 2.33 bits per heavy atom. The second-order valence-corrected chi connectivity index (χ2v) is 6.59. The summed E-state index contributed by atoms with van der Waals surface area (Å²) in [4.78, 5) is 16.2. The first-order valence-corrected chi connectivity index (χ1v) is 8.30. The van der Waals surface area contributed by atoms with Gasteiger partial charge >= 0.3 is 6.03 Å². The zero-order chi connectivity index (χ0) is 17.1. The second-order valence-electron chi connectivity index (χ2n) is 6.59. The van der Waals surface area contributed by atoms with Crippen molar-refractivity contribution in [3.63, 3.8) is 0 Å². The van der Waals surface area contributed by atoms with Gasteiger partial charge in [0.1, 0.15) is 11.6 Å². The van der Waals surface area contributed by atoms with Gasteiger partial charge in [-0.1, -0.05) is 19.1 Å². The molecule has 1 aliphatic carbocycles. The van der Waals surface area contributed by atoms with Gasteiger partial charge in [0.2, 0.25) is 0 Å². The van der Waals surface area contributed by atoms with Crippen molar-refractivity contribution in [1.29, 1.82) is 0 Å². The van der Waals surface area contributed by atoms with Crippen LogP contribution in [0.15, 0.2) is 36.7 Å². The van der Waals surface area contributed by atoms with Crippen LogP contribution in [0.3, 0.4) is 0 Å². The molecule has 0 bridgehead atoms. The Kier molecular flexibility index (Phi) is 4.83. The molecule has 2 amide bonds. The summed E-state index contributed by atoms with van der Waals surface area (Å²) in [5.74, 6) is 1.27. The van der Waals surface area contributed by atoms with Gasteiger partial charge in [-0.25, -0.2) is 14.2 Å². The monoisotopic (exact) mass is 330 g/mol. The van der Waals surface area contributed by atoms with E-state index in [1.54, 1.807) is 18.3 Å². The number of rotatable bonds is 6. The number of aromatic nitrogens is 2. The van der Waals surface area contributed by atoms with Crippen LogP contribution in [0.25, 0.3) is 0 Å². The summed E-state index contributed by atoms with van der Waals surface area (Å²) in [6.07, 6.45) is 4.59. The summed E-state index contributed by atoms with van der Waals surface area (Å²) < 4.78 is 15.3. The average Bonchev–Trinajstić information content (AvgIpc) is 3.20. The summed E-state index contributed by atoms with van der Waals surface area (Å²) in [6, 6.07) is 6.53. The molecule has 0 radical (unpaired) electrons. The summed E-state index contributed by atoms with van der Waals surface area (Å²) in [5.41, 5.74) is 0.948. The van der Waals surface area contributed by atoms with Crippen molar-refractivity contribution in [3.8, 4) is 0 Å². The first-order valence-electron chi connectivity index (χ1n) is 8.30. The lowest BCUT2D eigenvalue weighted by Gasteiger charge is -2.15. The number of halogens is 1. The molecule has 3 atom stereocenters. The molecule has 0 spiro atoms. The number of benzene rings is 1. The third kappa shape index (κ3) is 4.13. The third-order valence-corrected chi connectivity index (χ3v) is 4.43. The maximum absolute atomic E-state index is 13.2. The first kappa shape index (κ1) is 16.5.